The van der Waals surface area contributed by atoms with Crippen LogP contribution in [0, 0.1) is 0 Å². The highest BCUT2D eigenvalue weighted by Gasteiger charge is 2.18. The molecule has 0 aliphatic rings. The van der Waals surface area contributed by atoms with Gasteiger partial charge in [0.1, 0.15) is 11.5 Å². The van der Waals surface area contributed by atoms with Crippen molar-refractivity contribution >= 4 is 27.4 Å². The Morgan fingerprint density at radius 2 is 1.63 bits per heavy atom. The van der Waals surface area contributed by atoms with E-state index < -0.39 is 22.4 Å². The van der Waals surface area contributed by atoms with Crippen LogP contribution in [0.4, 0.5) is 0 Å². The summed E-state index contributed by atoms with van der Waals surface area (Å²) in [5.74, 6) is -0.170. The quantitative estimate of drug-likeness (QED) is 0.572. The number of carboxylic acid groups (broad SMARTS) is 1. The van der Waals surface area contributed by atoms with Crippen LogP contribution in [0.2, 0.25) is 5.02 Å². The van der Waals surface area contributed by atoms with Crippen LogP contribution in [0.5, 0.6) is 11.5 Å². The molecule has 0 spiro atoms. The Bertz CT molecular complexity index is 1190. The van der Waals surface area contributed by atoms with Gasteiger partial charge in [0.2, 0.25) is 0 Å². The highest BCUT2D eigenvalue weighted by molar-refractivity contribution is 7.90. The first-order valence-electron chi connectivity index (χ1n) is 8.82. The molecule has 0 atom stereocenters. The fraction of sp³-hybridized carbons (Fsp3) is 0.136. The second-order valence-corrected chi connectivity index (χ2v) is 8.96. The Balaban J connectivity index is 2.14. The zero-order chi connectivity index (χ0) is 21.9. The van der Waals surface area contributed by atoms with Crippen LogP contribution in [-0.2, 0) is 14.6 Å². The lowest BCUT2D eigenvalue weighted by Gasteiger charge is -2.14. The maximum atomic E-state index is 12.5. The molecule has 3 aromatic carbocycles. The summed E-state index contributed by atoms with van der Waals surface area (Å²) in [5.41, 5.74) is 2.29. The van der Waals surface area contributed by atoms with Gasteiger partial charge in [-0.05, 0) is 47.5 Å². The van der Waals surface area contributed by atoms with Crippen LogP contribution in [0.15, 0.2) is 65.6 Å². The first-order chi connectivity index (χ1) is 14.2. The minimum absolute atomic E-state index is 0.134. The molecular formula is C22H19ClO6S. The molecule has 0 aliphatic heterocycles. The maximum absolute atomic E-state index is 12.5. The lowest BCUT2D eigenvalue weighted by molar-refractivity contribution is -0.139. The van der Waals surface area contributed by atoms with Gasteiger partial charge >= 0.3 is 5.97 Å². The largest absolute Gasteiger partial charge is 0.497 e. The van der Waals surface area contributed by atoms with E-state index in [2.05, 4.69) is 0 Å². The van der Waals surface area contributed by atoms with E-state index in [-0.39, 0.29) is 4.90 Å². The Labute approximate surface area is 179 Å². The summed E-state index contributed by atoms with van der Waals surface area (Å²) in [6.45, 7) is -0.530. The second-order valence-electron chi connectivity index (χ2n) is 6.53. The third-order valence-corrected chi connectivity index (χ3v) is 5.76. The molecule has 30 heavy (non-hydrogen) atoms. The molecule has 0 aromatic heterocycles. The first-order valence-corrected chi connectivity index (χ1v) is 11.1. The lowest BCUT2D eigenvalue weighted by Crippen LogP contribution is -2.10. The maximum Gasteiger partial charge on any atom is 0.341 e. The standard InChI is InChI=1S/C22H19ClO6S/c1-28-17-7-3-14(4-8-17)18-9-5-15(11-21(18)30(2,26)27)19-12-16(23)6-10-20(19)29-13-22(24)25/h3-12H,13H2,1-2H3,(H,24,25). The molecule has 3 aromatic rings. The lowest BCUT2D eigenvalue weighted by atomic mass is 9.99. The van der Waals surface area contributed by atoms with Crippen molar-refractivity contribution in [2.75, 3.05) is 20.0 Å². The van der Waals surface area contributed by atoms with Crippen LogP contribution in [-0.4, -0.2) is 39.5 Å². The van der Waals surface area contributed by atoms with E-state index >= 15 is 0 Å². The van der Waals surface area contributed by atoms with Gasteiger partial charge < -0.3 is 14.6 Å². The number of hydrogen-bond acceptors (Lipinski definition) is 5. The number of aliphatic carboxylic acids is 1. The molecule has 3 rings (SSSR count). The van der Waals surface area contributed by atoms with Crippen LogP contribution < -0.4 is 9.47 Å². The van der Waals surface area contributed by atoms with Crippen molar-refractivity contribution in [1.29, 1.82) is 0 Å². The van der Waals surface area contributed by atoms with Crippen molar-refractivity contribution in [2.45, 2.75) is 4.90 Å². The average Bonchev–Trinajstić information content (AvgIpc) is 2.71. The van der Waals surface area contributed by atoms with Crippen LogP contribution in [0.3, 0.4) is 0 Å². The van der Waals surface area contributed by atoms with E-state index in [0.29, 0.717) is 33.2 Å². The van der Waals surface area contributed by atoms with Gasteiger partial charge in [0, 0.05) is 22.4 Å². The first kappa shape index (κ1) is 21.7. The van der Waals surface area contributed by atoms with Crippen LogP contribution in [0.1, 0.15) is 0 Å². The van der Waals surface area contributed by atoms with Crippen molar-refractivity contribution in [3.8, 4) is 33.8 Å². The Kier molecular flexibility index (Phi) is 6.34. The zero-order valence-corrected chi connectivity index (χ0v) is 17.8. The van der Waals surface area contributed by atoms with Gasteiger partial charge in [-0.2, -0.15) is 0 Å². The van der Waals surface area contributed by atoms with Crippen molar-refractivity contribution in [2.24, 2.45) is 0 Å². The number of benzene rings is 3. The van der Waals surface area contributed by atoms with Crippen molar-refractivity contribution in [3.63, 3.8) is 0 Å². The van der Waals surface area contributed by atoms with Gasteiger partial charge in [-0.3, -0.25) is 0 Å². The van der Waals surface area contributed by atoms with E-state index in [4.69, 9.17) is 26.2 Å². The minimum Gasteiger partial charge on any atom is -0.497 e. The number of hydrogen-bond donors (Lipinski definition) is 1. The van der Waals surface area contributed by atoms with E-state index in [1.807, 2.05) is 0 Å². The number of halogens is 1. The summed E-state index contributed by atoms with van der Waals surface area (Å²) < 4.78 is 35.6. The average molecular weight is 447 g/mol. The van der Waals surface area contributed by atoms with Crippen molar-refractivity contribution in [3.05, 3.63) is 65.7 Å². The molecule has 8 heteroatoms. The van der Waals surface area contributed by atoms with Gasteiger partial charge in [0.25, 0.3) is 0 Å². The summed E-state index contributed by atoms with van der Waals surface area (Å²) in [6, 6.07) is 16.8. The molecule has 1 N–H and O–H groups in total. The van der Waals surface area contributed by atoms with E-state index in [0.717, 1.165) is 11.8 Å². The SMILES string of the molecule is COc1ccc(-c2ccc(-c3cc(Cl)ccc3OCC(=O)O)cc2S(C)(=O)=O)cc1. The topological polar surface area (TPSA) is 89.9 Å². The molecule has 0 saturated carbocycles. The molecule has 0 heterocycles. The third kappa shape index (κ3) is 4.93. The van der Waals surface area contributed by atoms with Crippen LogP contribution in [0.25, 0.3) is 22.3 Å². The number of sulfone groups is 1. The molecular weight excluding hydrogens is 428 g/mol. The number of methoxy groups -OCH3 is 1. The number of rotatable bonds is 7. The number of ether oxygens (including phenoxy) is 2. The van der Waals surface area contributed by atoms with E-state index in [1.54, 1.807) is 61.7 Å². The van der Waals surface area contributed by atoms with Gasteiger partial charge in [-0.15, -0.1) is 0 Å². The van der Waals surface area contributed by atoms with Crippen molar-refractivity contribution < 1.29 is 27.8 Å². The zero-order valence-electron chi connectivity index (χ0n) is 16.3. The predicted molar refractivity (Wildman–Crippen MR) is 115 cm³/mol. The summed E-state index contributed by atoms with van der Waals surface area (Å²) in [5, 5.41) is 9.31. The molecule has 0 fully saturated rings. The molecule has 0 saturated heterocycles. The summed E-state index contributed by atoms with van der Waals surface area (Å²) in [6.07, 6.45) is 1.14. The normalized spacial score (nSPS) is 11.2. The van der Waals surface area contributed by atoms with Crippen molar-refractivity contribution in [1.82, 2.24) is 0 Å². The number of carboxylic acids is 1. The van der Waals surface area contributed by atoms with Crippen LogP contribution >= 0.6 is 11.6 Å². The smallest absolute Gasteiger partial charge is 0.341 e. The fourth-order valence-electron chi connectivity index (χ4n) is 3.00. The number of carbonyl (C=O) groups is 1. The minimum atomic E-state index is -3.58. The molecule has 0 radical (unpaired) electrons. The van der Waals surface area contributed by atoms with E-state index in [9.17, 15) is 13.2 Å². The summed E-state index contributed by atoms with van der Waals surface area (Å²) in [4.78, 5) is 11.0. The Morgan fingerprint density at radius 3 is 2.23 bits per heavy atom. The molecule has 0 unspecified atom stereocenters. The van der Waals surface area contributed by atoms with Gasteiger partial charge in [-0.1, -0.05) is 35.9 Å². The second kappa shape index (κ2) is 8.77. The molecule has 156 valence electrons. The fourth-order valence-corrected chi connectivity index (χ4v) is 4.10. The summed E-state index contributed by atoms with van der Waals surface area (Å²) >= 11 is 6.11. The molecule has 0 amide bonds. The summed E-state index contributed by atoms with van der Waals surface area (Å²) in [7, 11) is -2.02. The highest BCUT2D eigenvalue weighted by Crippen LogP contribution is 2.37. The third-order valence-electron chi connectivity index (χ3n) is 4.39. The Hall–Kier alpha value is -3.03. The Morgan fingerprint density at radius 1 is 0.967 bits per heavy atom. The molecule has 0 bridgehead atoms. The highest BCUT2D eigenvalue weighted by atomic mass is 35.5. The monoisotopic (exact) mass is 446 g/mol. The van der Waals surface area contributed by atoms with E-state index in [1.165, 1.54) is 6.07 Å². The molecule has 6 nitrogen and oxygen atoms in total. The van der Waals surface area contributed by atoms with Gasteiger partial charge in [0.15, 0.2) is 16.4 Å². The van der Waals surface area contributed by atoms with Gasteiger partial charge in [0.05, 0.1) is 12.0 Å². The molecule has 0 aliphatic carbocycles. The van der Waals surface area contributed by atoms with Gasteiger partial charge in [-0.25, -0.2) is 13.2 Å². The predicted octanol–water partition coefficient (Wildman–Crippen LogP) is 4.55.